The maximum absolute atomic E-state index is 12.2. The van der Waals surface area contributed by atoms with Crippen LogP contribution < -0.4 is 0 Å². The van der Waals surface area contributed by atoms with Crippen molar-refractivity contribution in [2.45, 2.75) is 64.6 Å². The second-order valence-corrected chi connectivity index (χ2v) is 8.15. The van der Waals surface area contributed by atoms with Gasteiger partial charge in [-0.05, 0) is 26.2 Å². The Morgan fingerprint density at radius 1 is 1.14 bits per heavy atom. The van der Waals surface area contributed by atoms with E-state index in [-0.39, 0.29) is 67.8 Å². The summed E-state index contributed by atoms with van der Waals surface area (Å²) in [6.07, 6.45) is 1.61. The molecule has 6 unspecified atom stereocenters. The highest BCUT2D eigenvalue weighted by Gasteiger charge is 2.69. The lowest BCUT2D eigenvalue weighted by Crippen LogP contribution is -2.47. The lowest BCUT2D eigenvalue weighted by atomic mass is 9.79. The maximum Gasteiger partial charge on any atom is 0.309 e. The molecule has 3 aliphatic rings. The molecule has 6 atom stereocenters. The van der Waals surface area contributed by atoms with E-state index < -0.39 is 17.5 Å². The van der Waals surface area contributed by atoms with Crippen molar-refractivity contribution in [2.24, 2.45) is 23.7 Å². The summed E-state index contributed by atoms with van der Waals surface area (Å²) < 4.78 is 21.1. The van der Waals surface area contributed by atoms with E-state index >= 15 is 0 Å². The molecule has 0 aromatic carbocycles. The minimum Gasteiger partial charge on any atom is -0.462 e. The monoisotopic (exact) mass is 396 g/mol. The van der Waals surface area contributed by atoms with Crippen LogP contribution in [-0.2, 0) is 38.1 Å². The van der Waals surface area contributed by atoms with Crippen LogP contribution in [0.4, 0.5) is 0 Å². The zero-order valence-electron chi connectivity index (χ0n) is 16.6. The van der Waals surface area contributed by atoms with Gasteiger partial charge in [0.1, 0.15) is 24.9 Å². The number of carbonyl (C=O) groups excluding carboxylic acids is 4. The SMILES string of the molecule is CCC(C)C(=O)OCCOC(=O)CCC(=O)OC1(C)C2CC3C(=O)OC1C3C2. The van der Waals surface area contributed by atoms with Crippen LogP contribution >= 0.6 is 0 Å². The number of hydrogen-bond donors (Lipinski definition) is 0. The number of hydrogen-bond acceptors (Lipinski definition) is 8. The summed E-state index contributed by atoms with van der Waals surface area (Å²) in [5.74, 6) is -1.55. The summed E-state index contributed by atoms with van der Waals surface area (Å²) >= 11 is 0. The van der Waals surface area contributed by atoms with Crippen LogP contribution in [0.25, 0.3) is 0 Å². The third-order valence-electron chi connectivity index (χ3n) is 6.39. The van der Waals surface area contributed by atoms with Gasteiger partial charge in [0.05, 0.1) is 24.7 Å². The Morgan fingerprint density at radius 2 is 1.82 bits per heavy atom. The Balaban J connectivity index is 1.35. The fourth-order valence-corrected chi connectivity index (χ4v) is 4.54. The van der Waals surface area contributed by atoms with E-state index in [2.05, 4.69) is 0 Å². The van der Waals surface area contributed by atoms with Gasteiger partial charge < -0.3 is 18.9 Å². The van der Waals surface area contributed by atoms with Gasteiger partial charge in [0, 0.05) is 11.8 Å². The first-order chi connectivity index (χ1) is 13.3. The molecular formula is C20H28O8. The quantitative estimate of drug-likeness (QED) is 0.330. The molecule has 1 saturated heterocycles. The Hall–Kier alpha value is -2.12. The summed E-state index contributed by atoms with van der Waals surface area (Å²) in [4.78, 5) is 47.3. The average Bonchev–Trinajstić information content (AvgIpc) is 3.28. The van der Waals surface area contributed by atoms with Crippen molar-refractivity contribution < 1.29 is 38.1 Å². The first-order valence-corrected chi connectivity index (χ1v) is 10.0. The first-order valence-electron chi connectivity index (χ1n) is 10.0. The topological polar surface area (TPSA) is 105 Å². The summed E-state index contributed by atoms with van der Waals surface area (Å²) in [5, 5.41) is 0. The minimum atomic E-state index is -0.807. The second kappa shape index (κ2) is 8.09. The molecular weight excluding hydrogens is 368 g/mol. The highest BCUT2D eigenvalue weighted by molar-refractivity contribution is 5.79. The molecule has 28 heavy (non-hydrogen) atoms. The number of fused-ring (bicyclic) bond motifs is 1. The zero-order valence-corrected chi connectivity index (χ0v) is 16.6. The lowest BCUT2D eigenvalue weighted by Gasteiger charge is -2.36. The van der Waals surface area contributed by atoms with Crippen molar-refractivity contribution in [3.05, 3.63) is 0 Å². The van der Waals surface area contributed by atoms with Crippen molar-refractivity contribution in [1.82, 2.24) is 0 Å². The van der Waals surface area contributed by atoms with Gasteiger partial charge in [0.15, 0.2) is 0 Å². The van der Waals surface area contributed by atoms with Crippen LogP contribution in [-0.4, -0.2) is 48.8 Å². The predicted octanol–water partition coefficient (Wildman–Crippen LogP) is 1.78. The molecule has 1 heterocycles. The fraction of sp³-hybridized carbons (Fsp3) is 0.800. The highest BCUT2D eigenvalue weighted by Crippen LogP contribution is 2.60. The Bertz CT molecular complexity index is 659. The summed E-state index contributed by atoms with van der Waals surface area (Å²) in [6, 6.07) is 0. The summed E-state index contributed by atoms with van der Waals surface area (Å²) in [5.41, 5.74) is -0.807. The molecule has 1 aliphatic heterocycles. The molecule has 2 aliphatic carbocycles. The number of carbonyl (C=O) groups is 4. The molecule has 0 N–H and O–H groups in total. The molecule has 0 amide bonds. The Kier molecular flexibility index (Phi) is 5.95. The molecule has 3 rings (SSSR count). The normalized spacial score (nSPS) is 33.3. The molecule has 0 radical (unpaired) electrons. The van der Waals surface area contributed by atoms with Gasteiger partial charge in [-0.15, -0.1) is 0 Å². The van der Waals surface area contributed by atoms with Crippen LogP contribution in [0.3, 0.4) is 0 Å². The molecule has 3 fully saturated rings. The van der Waals surface area contributed by atoms with Gasteiger partial charge in [0.25, 0.3) is 0 Å². The fourth-order valence-electron chi connectivity index (χ4n) is 4.54. The van der Waals surface area contributed by atoms with Crippen LogP contribution in [0.1, 0.15) is 52.9 Å². The molecule has 8 heteroatoms. The molecule has 0 aromatic heterocycles. The van der Waals surface area contributed by atoms with E-state index in [4.69, 9.17) is 18.9 Å². The van der Waals surface area contributed by atoms with Crippen LogP contribution in [0.5, 0.6) is 0 Å². The molecule has 8 nitrogen and oxygen atoms in total. The molecule has 0 aromatic rings. The van der Waals surface area contributed by atoms with E-state index in [1.807, 2.05) is 13.8 Å². The molecule has 2 bridgehead atoms. The van der Waals surface area contributed by atoms with Gasteiger partial charge >= 0.3 is 23.9 Å². The first kappa shape index (κ1) is 20.6. The van der Waals surface area contributed by atoms with Gasteiger partial charge in [0.2, 0.25) is 0 Å². The average molecular weight is 396 g/mol. The highest BCUT2D eigenvalue weighted by atomic mass is 16.6. The van der Waals surface area contributed by atoms with Gasteiger partial charge in [-0.25, -0.2) is 0 Å². The number of rotatable bonds is 9. The lowest BCUT2D eigenvalue weighted by molar-refractivity contribution is -0.180. The molecule has 2 saturated carbocycles. The van der Waals surface area contributed by atoms with Crippen molar-refractivity contribution in [3.8, 4) is 0 Å². The van der Waals surface area contributed by atoms with Gasteiger partial charge in [-0.2, -0.15) is 0 Å². The number of esters is 4. The minimum absolute atomic E-state index is 0.00524. The second-order valence-electron chi connectivity index (χ2n) is 8.15. The molecule has 156 valence electrons. The summed E-state index contributed by atoms with van der Waals surface area (Å²) in [6.45, 7) is 5.42. The third kappa shape index (κ3) is 3.86. The zero-order chi connectivity index (χ0) is 20.5. The van der Waals surface area contributed by atoms with E-state index in [9.17, 15) is 19.2 Å². The van der Waals surface area contributed by atoms with E-state index in [1.54, 1.807) is 6.92 Å². The van der Waals surface area contributed by atoms with Crippen LogP contribution in [0, 0.1) is 23.7 Å². The van der Waals surface area contributed by atoms with Crippen molar-refractivity contribution >= 4 is 23.9 Å². The van der Waals surface area contributed by atoms with Gasteiger partial charge in [-0.3, -0.25) is 19.2 Å². The van der Waals surface area contributed by atoms with Crippen molar-refractivity contribution in [3.63, 3.8) is 0 Å². The van der Waals surface area contributed by atoms with Crippen LogP contribution in [0.15, 0.2) is 0 Å². The Labute approximate surface area is 164 Å². The van der Waals surface area contributed by atoms with E-state index in [0.717, 1.165) is 6.42 Å². The Morgan fingerprint density at radius 3 is 2.54 bits per heavy atom. The largest absolute Gasteiger partial charge is 0.462 e. The smallest absolute Gasteiger partial charge is 0.309 e. The molecule has 0 spiro atoms. The summed E-state index contributed by atoms with van der Waals surface area (Å²) in [7, 11) is 0. The van der Waals surface area contributed by atoms with Crippen molar-refractivity contribution in [2.75, 3.05) is 13.2 Å². The standard InChI is InChI=1S/C20H28O8/c1-4-11(2)18(23)26-8-7-25-15(21)5-6-16(22)28-20(3)12-9-13-14(10-12)19(24)27-17(13)20/h11-14,17H,4-10H2,1-3H3. The van der Waals surface area contributed by atoms with Crippen molar-refractivity contribution in [1.29, 1.82) is 0 Å². The number of ether oxygens (including phenoxy) is 4. The third-order valence-corrected chi connectivity index (χ3v) is 6.39. The van der Waals surface area contributed by atoms with E-state index in [0.29, 0.717) is 12.8 Å². The maximum atomic E-state index is 12.2. The van der Waals surface area contributed by atoms with E-state index in [1.165, 1.54) is 0 Å². The van der Waals surface area contributed by atoms with Gasteiger partial charge in [-0.1, -0.05) is 13.8 Å². The van der Waals surface area contributed by atoms with Crippen LogP contribution in [0.2, 0.25) is 0 Å². The predicted molar refractivity (Wildman–Crippen MR) is 94.7 cm³/mol.